The molecule has 1 rings (SSSR count). The first-order chi connectivity index (χ1) is 8.26. The molecule has 0 aromatic carbocycles. The largest absolute Gasteiger partial charge is 0.389 e. The van der Waals surface area contributed by atoms with Crippen LogP contribution in [0.15, 0.2) is 0 Å². The van der Waals surface area contributed by atoms with E-state index in [1.54, 1.807) is 0 Å². The highest BCUT2D eigenvalue weighted by Gasteiger charge is 2.24. The minimum Gasteiger partial charge on any atom is -0.389 e. The average molecular weight is 257 g/mol. The van der Waals surface area contributed by atoms with E-state index in [0.717, 1.165) is 11.8 Å². The molecule has 1 fully saturated rings. The Morgan fingerprint density at radius 1 is 1.17 bits per heavy atom. The zero-order valence-corrected chi connectivity index (χ0v) is 12.7. The average Bonchev–Trinajstić information content (AvgIpc) is 2.21. The first kappa shape index (κ1) is 15.9. The molecule has 3 heteroatoms. The molecule has 0 heterocycles. The molecule has 0 radical (unpaired) electrons. The molecule has 3 unspecified atom stereocenters. The molecule has 0 bridgehead atoms. The molecule has 1 aliphatic carbocycles. The molecule has 0 aromatic rings. The van der Waals surface area contributed by atoms with E-state index in [1.807, 2.05) is 20.8 Å². The highest BCUT2D eigenvalue weighted by Crippen LogP contribution is 2.28. The van der Waals surface area contributed by atoms with E-state index in [4.69, 9.17) is 4.74 Å². The maximum absolute atomic E-state index is 9.89. The lowest BCUT2D eigenvalue weighted by molar-refractivity contribution is -0.0487. The van der Waals surface area contributed by atoms with Gasteiger partial charge in [0.25, 0.3) is 0 Å². The second kappa shape index (κ2) is 6.88. The minimum atomic E-state index is -0.406. The first-order valence-electron chi connectivity index (χ1n) is 7.31. The fourth-order valence-electron chi connectivity index (χ4n) is 2.82. The van der Waals surface area contributed by atoms with Crippen molar-refractivity contribution in [3.8, 4) is 0 Å². The number of nitrogens with one attached hydrogen (secondary N) is 1. The monoisotopic (exact) mass is 257 g/mol. The third-order valence-electron chi connectivity index (χ3n) is 3.53. The fraction of sp³-hybridized carbons (Fsp3) is 1.00. The van der Waals surface area contributed by atoms with Crippen LogP contribution in [0.1, 0.15) is 53.9 Å². The van der Waals surface area contributed by atoms with Crippen LogP contribution < -0.4 is 5.32 Å². The van der Waals surface area contributed by atoms with Crippen LogP contribution >= 0.6 is 0 Å². The molecule has 108 valence electrons. The van der Waals surface area contributed by atoms with E-state index in [0.29, 0.717) is 19.2 Å². The molecule has 3 atom stereocenters. The molecule has 0 aliphatic heterocycles. The van der Waals surface area contributed by atoms with Crippen LogP contribution in [-0.4, -0.2) is 36.0 Å². The van der Waals surface area contributed by atoms with Crippen molar-refractivity contribution >= 4 is 0 Å². The number of hydrogen-bond acceptors (Lipinski definition) is 3. The van der Waals surface area contributed by atoms with Crippen molar-refractivity contribution in [1.82, 2.24) is 5.32 Å². The van der Waals surface area contributed by atoms with Crippen LogP contribution in [0, 0.1) is 11.8 Å². The number of rotatable bonds is 5. The second-order valence-electron chi connectivity index (χ2n) is 7.10. The summed E-state index contributed by atoms with van der Waals surface area (Å²) in [6.07, 6.45) is 3.40. The summed E-state index contributed by atoms with van der Waals surface area (Å²) in [5.74, 6) is 1.60. The number of ether oxygens (including phenoxy) is 1. The maximum atomic E-state index is 9.89. The SMILES string of the molecule is CC1CC(C)CC(NCC(O)COC(C)(C)C)C1. The Labute approximate surface area is 112 Å². The van der Waals surface area contributed by atoms with Crippen molar-refractivity contribution in [1.29, 1.82) is 0 Å². The third kappa shape index (κ3) is 6.72. The van der Waals surface area contributed by atoms with Gasteiger partial charge in [-0.1, -0.05) is 13.8 Å². The van der Waals surface area contributed by atoms with Gasteiger partial charge in [-0.05, 0) is 51.9 Å². The summed E-state index contributed by atoms with van der Waals surface area (Å²) >= 11 is 0. The Morgan fingerprint density at radius 3 is 2.22 bits per heavy atom. The Morgan fingerprint density at radius 2 is 1.72 bits per heavy atom. The normalized spacial score (nSPS) is 31.3. The van der Waals surface area contributed by atoms with Gasteiger partial charge in [-0.3, -0.25) is 0 Å². The van der Waals surface area contributed by atoms with Crippen molar-refractivity contribution in [3.05, 3.63) is 0 Å². The number of aliphatic hydroxyl groups excluding tert-OH is 1. The molecule has 2 N–H and O–H groups in total. The van der Waals surface area contributed by atoms with E-state index in [2.05, 4.69) is 19.2 Å². The summed E-state index contributed by atoms with van der Waals surface area (Å²) in [6.45, 7) is 11.7. The topological polar surface area (TPSA) is 41.5 Å². The van der Waals surface area contributed by atoms with E-state index in [9.17, 15) is 5.11 Å². The van der Waals surface area contributed by atoms with Crippen LogP contribution in [0.25, 0.3) is 0 Å². The fourth-order valence-corrected chi connectivity index (χ4v) is 2.82. The molecular formula is C15H31NO2. The smallest absolute Gasteiger partial charge is 0.0898 e. The summed E-state index contributed by atoms with van der Waals surface area (Å²) in [5.41, 5.74) is -0.172. The second-order valence-corrected chi connectivity index (χ2v) is 7.10. The summed E-state index contributed by atoms with van der Waals surface area (Å²) in [6, 6.07) is 0.563. The van der Waals surface area contributed by atoms with Crippen LogP contribution in [0.2, 0.25) is 0 Å². The van der Waals surface area contributed by atoms with Crippen LogP contribution in [-0.2, 0) is 4.74 Å². The Bertz CT molecular complexity index is 227. The van der Waals surface area contributed by atoms with Crippen LogP contribution in [0.4, 0.5) is 0 Å². The molecular weight excluding hydrogens is 226 g/mol. The molecule has 0 aromatic heterocycles. The summed E-state index contributed by atoms with van der Waals surface area (Å²) < 4.78 is 5.58. The van der Waals surface area contributed by atoms with Gasteiger partial charge in [-0.25, -0.2) is 0 Å². The molecule has 3 nitrogen and oxygen atoms in total. The molecule has 18 heavy (non-hydrogen) atoms. The molecule has 1 aliphatic rings. The van der Waals surface area contributed by atoms with Gasteiger partial charge in [-0.2, -0.15) is 0 Å². The molecule has 0 amide bonds. The first-order valence-corrected chi connectivity index (χ1v) is 7.31. The zero-order valence-electron chi connectivity index (χ0n) is 12.7. The van der Waals surface area contributed by atoms with Crippen molar-refractivity contribution in [2.75, 3.05) is 13.2 Å². The quantitative estimate of drug-likeness (QED) is 0.795. The number of hydrogen-bond donors (Lipinski definition) is 2. The Hall–Kier alpha value is -0.120. The third-order valence-corrected chi connectivity index (χ3v) is 3.53. The molecule has 1 saturated carbocycles. The van der Waals surface area contributed by atoms with Gasteiger partial charge >= 0.3 is 0 Å². The lowest BCUT2D eigenvalue weighted by Gasteiger charge is -2.32. The number of aliphatic hydroxyl groups is 1. The highest BCUT2D eigenvalue weighted by atomic mass is 16.5. The van der Waals surface area contributed by atoms with Crippen LogP contribution in [0.3, 0.4) is 0 Å². The standard InChI is InChI=1S/C15H31NO2/c1-11-6-12(2)8-13(7-11)16-9-14(17)10-18-15(3,4)5/h11-14,16-17H,6-10H2,1-5H3. The zero-order chi connectivity index (χ0) is 13.8. The van der Waals surface area contributed by atoms with Crippen molar-refractivity contribution in [3.63, 3.8) is 0 Å². The summed E-state index contributed by atoms with van der Waals surface area (Å²) in [4.78, 5) is 0. The molecule has 0 saturated heterocycles. The summed E-state index contributed by atoms with van der Waals surface area (Å²) in [5, 5.41) is 13.4. The Balaban J connectivity index is 2.19. The highest BCUT2D eigenvalue weighted by molar-refractivity contribution is 4.80. The maximum Gasteiger partial charge on any atom is 0.0898 e. The lowest BCUT2D eigenvalue weighted by atomic mass is 9.80. The van der Waals surface area contributed by atoms with Gasteiger partial charge in [-0.15, -0.1) is 0 Å². The van der Waals surface area contributed by atoms with Crippen molar-refractivity contribution < 1.29 is 9.84 Å². The van der Waals surface area contributed by atoms with Gasteiger partial charge < -0.3 is 15.2 Å². The van der Waals surface area contributed by atoms with E-state index < -0.39 is 6.10 Å². The Kier molecular flexibility index (Phi) is 6.09. The van der Waals surface area contributed by atoms with Gasteiger partial charge in [0.05, 0.1) is 18.3 Å². The van der Waals surface area contributed by atoms with Gasteiger partial charge in [0.2, 0.25) is 0 Å². The van der Waals surface area contributed by atoms with E-state index >= 15 is 0 Å². The molecule has 0 spiro atoms. The van der Waals surface area contributed by atoms with Crippen molar-refractivity contribution in [2.45, 2.75) is 71.6 Å². The predicted molar refractivity (Wildman–Crippen MR) is 75.7 cm³/mol. The predicted octanol–water partition coefficient (Wildman–Crippen LogP) is 2.58. The van der Waals surface area contributed by atoms with Gasteiger partial charge in [0.1, 0.15) is 0 Å². The van der Waals surface area contributed by atoms with E-state index in [-0.39, 0.29) is 5.60 Å². The lowest BCUT2D eigenvalue weighted by Crippen LogP contribution is -2.42. The van der Waals surface area contributed by atoms with E-state index in [1.165, 1.54) is 19.3 Å². The van der Waals surface area contributed by atoms with Gasteiger partial charge in [0.15, 0.2) is 0 Å². The van der Waals surface area contributed by atoms with Crippen molar-refractivity contribution in [2.24, 2.45) is 11.8 Å². The van der Waals surface area contributed by atoms with Gasteiger partial charge in [0, 0.05) is 12.6 Å². The summed E-state index contributed by atoms with van der Waals surface area (Å²) in [7, 11) is 0. The van der Waals surface area contributed by atoms with Crippen LogP contribution in [0.5, 0.6) is 0 Å². The minimum absolute atomic E-state index is 0.172.